The molecule has 0 aliphatic rings. The van der Waals surface area contributed by atoms with Gasteiger partial charge >= 0.3 is 0 Å². The number of amides is 1. The second-order valence-electron chi connectivity index (χ2n) is 4.49. The molecule has 1 N–H and O–H groups in total. The molecule has 5 nitrogen and oxygen atoms in total. The van der Waals surface area contributed by atoms with Crippen LogP contribution in [-0.2, 0) is 7.05 Å². The van der Waals surface area contributed by atoms with E-state index in [-0.39, 0.29) is 11.9 Å². The Balaban J connectivity index is 2.42. The highest BCUT2D eigenvalue weighted by atomic mass is 16.5. The maximum atomic E-state index is 11.9. The van der Waals surface area contributed by atoms with Gasteiger partial charge in [0.15, 0.2) is 0 Å². The lowest BCUT2D eigenvalue weighted by atomic mass is 10.1. The van der Waals surface area contributed by atoms with Gasteiger partial charge < -0.3 is 10.1 Å². The van der Waals surface area contributed by atoms with Crippen LogP contribution in [0.3, 0.4) is 0 Å². The molecular formula is C13H17N3O2. The van der Waals surface area contributed by atoms with Gasteiger partial charge in [0.1, 0.15) is 0 Å². The molecule has 0 bridgehead atoms. The van der Waals surface area contributed by atoms with Crippen LogP contribution in [0.2, 0.25) is 0 Å². The number of rotatable bonds is 3. The number of hydrogen-bond donors (Lipinski definition) is 1. The number of nitrogens with zero attached hydrogens (tertiary/aromatic N) is 2. The predicted molar refractivity (Wildman–Crippen MR) is 69.9 cm³/mol. The maximum Gasteiger partial charge on any atom is 0.251 e. The van der Waals surface area contributed by atoms with Gasteiger partial charge in [-0.15, -0.1) is 0 Å². The minimum Gasteiger partial charge on any atom is -0.481 e. The van der Waals surface area contributed by atoms with Crippen LogP contribution in [0.5, 0.6) is 5.88 Å². The second kappa shape index (κ2) is 4.68. The molecule has 96 valence electrons. The Kier molecular flexibility index (Phi) is 3.23. The number of carbonyl (C=O) groups excluding carboxylic acids is 1. The number of hydrogen-bond acceptors (Lipinski definition) is 3. The van der Waals surface area contributed by atoms with Gasteiger partial charge in [-0.05, 0) is 32.0 Å². The monoisotopic (exact) mass is 247 g/mol. The second-order valence-corrected chi connectivity index (χ2v) is 4.49. The topological polar surface area (TPSA) is 56.1 Å². The molecule has 5 heteroatoms. The minimum absolute atomic E-state index is 0.0866. The summed E-state index contributed by atoms with van der Waals surface area (Å²) in [5.74, 6) is 0.609. The number of aromatic nitrogens is 2. The maximum absolute atomic E-state index is 11.9. The summed E-state index contributed by atoms with van der Waals surface area (Å²) in [5, 5.41) is 8.08. The van der Waals surface area contributed by atoms with Gasteiger partial charge in [0.05, 0.1) is 18.0 Å². The smallest absolute Gasteiger partial charge is 0.251 e. The molecule has 0 unspecified atom stereocenters. The molecule has 0 atom stereocenters. The first-order chi connectivity index (χ1) is 8.52. The Morgan fingerprint density at radius 2 is 2.17 bits per heavy atom. The first-order valence-electron chi connectivity index (χ1n) is 5.84. The van der Waals surface area contributed by atoms with E-state index in [2.05, 4.69) is 10.4 Å². The third-order valence-electron chi connectivity index (χ3n) is 2.66. The fourth-order valence-corrected chi connectivity index (χ4v) is 1.91. The van der Waals surface area contributed by atoms with E-state index < -0.39 is 0 Å². The molecule has 0 spiro atoms. The van der Waals surface area contributed by atoms with E-state index in [0.29, 0.717) is 11.4 Å². The largest absolute Gasteiger partial charge is 0.481 e. The third-order valence-corrected chi connectivity index (χ3v) is 2.66. The number of aryl methyl sites for hydroxylation is 1. The van der Waals surface area contributed by atoms with Gasteiger partial charge in [-0.2, -0.15) is 5.10 Å². The van der Waals surface area contributed by atoms with Gasteiger partial charge in [0.2, 0.25) is 5.88 Å². The number of nitrogens with one attached hydrogen (secondary N) is 1. The molecule has 1 aromatic carbocycles. The highest BCUT2D eigenvalue weighted by Crippen LogP contribution is 2.25. The van der Waals surface area contributed by atoms with Crippen molar-refractivity contribution in [2.45, 2.75) is 19.9 Å². The molecule has 1 heterocycles. The zero-order valence-corrected chi connectivity index (χ0v) is 11.0. The Bertz CT molecular complexity index is 587. The fraction of sp³-hybridized carbons (Fsp3) is 0.385. The lowest BCUT2D eigenvalue weighted by Gasteiger charge is -2.07. The molecule has 1 aromatic heterocycles. The van der Waals surface area contributed by atoms with Crippen LogP contribution in [0.1, 0.15) is 24.2 Å². The summed E-state index contributed by atoms with van der Waals surface area (Å²) in [6.07, 6.45) is 0. The first-order valence-corrected chi connectivity index (χ1v) is 5.84. The van der Waals surface area contributed by atoms with Crippen LogP contribution in [0.25, 0.3) is 10.9 Å². The molecule has 2 rings (SSSR count). The molecule has 0 aliphatic heterocycles. The zero-order chi connectivity index (χ0) is 13.3. The van der Waals surface area contributed by atoms with Gasteiger partial charge in [-0.1, -0.05) is 0 Å². The SMILES string of the molecule is COc1c2ccc(C(=O)NC(C)C)cc2nn1C. The number of methoxy groups -OCH3 is 1. The van der Waals surface area contributed by atoms with Crippen molar-refractivity contribution in [1.82, 2.24) is 15.1 Å². The summed E-state index contributed by atoms with van der Waals surface area (Å²) in [6, 6.07) is 5.53. The van der Waals surface area contributed by atoms with Crippen LogP contribution in [0.15, 0.2) is 18.2 Å². The quantitative estimate of drug-likeness (QED) is 0.898. The van der Waals surface area contributed by atoms with E-state index in [1.54, 1.807) is 23.9 Å². The number of carbonyl (C=O) groups is 1. The number of fused-ring (bicyclic) bond motifs is 1. The van der Waals surface area contributed by atoms with Crippen molar-refractivity contribution >= 4 is 16.8 Å². The highest BCUT2D eigenvalue weighted by molar-refractivity contribution is 5.98. The number of benzene rings is 1. The van der Waals surface area contributed by atoms with Gasteiger partial charge in [-0.25, -0.2) is 4.68 Å². The molecule has 0 saturated carbocycles. The van der Waals surface area contributed by atoms with Crippen molar-refractivity contribution in [1.29, 1.82) is 0 Å². The van der Waals surface area contributed by atoms with Crippen LogP contribution in [0.4, 0.5) is 0 Å². The van der Waals surface area contributed by atoms with E-state index in [1.807, 2.05) is 27.0 Å². The Hall–Kier alpha value is -2.04. The molecule has 0 aliphatic carbocycles. The lowest BCUT2D eigenvalue weighted by molar-refractivity contribution is 0.0943. The van der Waals surface area contributed by atoms with Crippen molar-refractivity contribution in [2.75, 3.05) is 7.11 Å². The first kappa shape index (κ1) is 12.4. The van der Waals surface area contributed by atoms with Crippen molar-refractivity contribution in [3.63, 3.8) is 0 Å². The van der Waals surface area contributed by atoms with E-state index in [1.165, 1.54) is 0 Å². The normalized spacial score (nSPS) is 10.9. The van der Waals surface area contributed by atoms with Crippen molar-refractivity contribution in [2.24, 2.45) is 7.05 Å². The van der Waals surface area contributed by atoms with Crippen molar-refractivity contribution in [3.05, 3.63) is 23.8 Å². The summed E-state index contributed by atoms with van der Waals surface area (Å²) in [5.41, 5.74) is 1.36. The Morgan fingerprint density at radius 1 is 1.44 bits per heavy atom. The fourth-order valence-electron chi connectivity index (χ4n) is 1.91. The average Bonchev–Trinajstić information content (AvgIpc) is 2.62. The highest BCUT2D eigenvalue weighted by Gasteiger charge is 2.13. The lowest BCUT2D eigenvalue weighted by Crippen LogP contribution is -2.29. The summed E-state index contributed by atoms with van der Waals surface area (Å²) in [7, 11) is 3.42. The van der Waals surface area contributed by atoms with Crippen molar-refractivity contribution in [3.8, 4) is 5.88 Å². The Morgan fingerprint density at radius 3 is 2.78 bits per heavy atom. The summed E-state index contributed by atoms with van der Waals surface area (Å²) in [4.78, 5) is 11.9. The Labute approximate surface area is 106 Å². The van der Waals surface area contributed by atoms with E-state index in [9.17, 15) is 4.79 Å². The summed E-state index contributed by atoms with van der Waals surface area (Å²) in [6.45, 7) is 3.86. The van der Waals surface area contributed by atoms with E-state index in [0.717, 1.165) is 10.9 Å². The van der Waals surface area contributed by atoms with Crippen molar-refractivity contribution < 1.29 is 9.53 Å². The molecular weight excluding hydrogens is 230 g/mol. The predicted octanol–water partition coefficient (Wildman–Crippen LogP) is 1.72. The number of ether oxygens (including phenoxy) is 1. The average molecular weight is 247 g/mol. The standard InChI is InChI=1S/C13H17N3O2/c1-8(2)14-12(17)9-5-6-10-11(7-9)15-16(3)13(10)18-4/h5-8H,1-4H3,(H,14,17). The van der Waals surface area contributed by atoms with E-state index in [4.69, 9.17) is 4.74 Å². The van der Waals surface area contributed by atoms with E-state index >= 15 is 0 Å². The molecule has 0 radical (unpaired) electrons. The summed E-state index contributed by atoms with van der Waals surface area (Å²) < 4.78 is 6.92. The van der Waals surface area contributed by atoms with Crippen LogP contribution < -0.4 is 10.1 Å². The minimum atomic E-state index is -0.0866. The zero-order valence-electron chi connectivity index (χ0n) is 11.0. The molecule has 2 aromatic rings. The van der Waals surface area contributed by atoms with Crippen LogP contribution in [-0.4, -0.2) is 28.8 Å². The molecule has 1 amide bonds. The summed E-state index contributed by atoms with van der Waals surface area (Å²) >= 11 is 0. The molecule has 0 fully saturated rings. The van der Waals surface area contributed by atoms with Gasteiger partial charge in [-0.3, -0.25) is 4.79 Å². The third kappa shape index (κ3) is 2.16. The van der Waals surface area contributed by atoms with Crippen LogP contribution in [0, 0.1) is 0 Å². The van der Waals surface area contributed by atoms with Crippen LogP contribution >= 0.6 is 0 Å². The van der Waals surface area contributed by atoms with Gasteiger partial charge in [0, 0.05) is 18.7 Å². The molecule has 18 heavy (non-hydrogen) atoms. The van der Waals surface area contributed by atoms with Gasteiger partial charge in [0.25, 0.3) is 5.91 Å². The molecule has 0 saturated heterocycles.